The third kappa shape index (κ3) is 7.25. The number of fused-ring (bicyclic) bond motifs is 1. The van der Waals surface area contributed by atoms with Gasteiger partial charge in [0, 0.05) is 12.3 Å². The third-order valence-electron chi connectivity index (χ3n) is 5.28. The lowest BCUT2D eigenvalue weighted by molar-refractivity contribution is -0.152. The number of aliphatic carboxylic acids is 2. The number of nitrogens with zero attached hydrogens (tertiary/aromatic N) is 3. The second kappa shape index (κ2) is 12.1. The van der Waals surface area contributed by atoms with Gasteiger partial charge in [0.05, 0.1) is 19.2 Å². The molecule has 0 unspecified atom stereocenters. The quantitative estimate of drug-likeness (QED) is 0.229. The molecule has 0 saturated carbocycles. The third-order valence-corrected chi connectivity index (χ3v) is 5.28. The number of nitrogens with one attached hydrogen (secondary N) is 3. The second-order valence-corrected chi connectivity index (χ2v) is 8.52. The Morgan fingerprint density at radius 2 is 1.95 bits per heavy atom. The van der Waals surface area contributed by atoms with Crippen LogP contribution in [0.5, 0.6) is 0 Å². The van der Waals surface area contributed by atoms with Crippen LogP contribution in [0.4, 0.5) is 10.7 Å². The Hall–Kier alpha value is -4.54. The number of ether oxygens (including phenoxy) is 3. The number of anilines is 1. The van der Waals surface area contributed by atoms with Gasteiger partial charge < -0.3 is 29.7 Å². The molecule has 1 aliphatic heterocycles. The molecule has 0 radical (unpaired) electrons. The Labute approximate surface area is 213 Å². The molecular weight excluding hydrogens is 512 g/mol. The number of carbonyl (C=O) groups is 5. The van der Waals surface area contributed by atoms with Crippen LogP contribution in [0.15, 0.2) is 11.1 Å². The van der Waals surface area contributed by atoms with Crippen LogP contribution >= 0.6 is 0 Å². The van der Waals surface area contributed by atoms with Crippen molar-refractivity contribution in [3.05, 3.63) is 16.7 Å². The molecule has 1 aliphatic rings. The van der Waals surface area contributed by atoms with Gasteiger partial charge in [0.15, 0.2) is 11.2 Å². The number of amides is 2. The maximum absolute atomic E-state index is 12.5. The number of carboxylic acids is 2. The first-order chi connectivity index (χ1) is 17.9. The van der Waals surface area contributed by atoms with E-state index in [1.165, 1.54) is 10.9 Å². The van der Waals surface area contributed by atoms with E-state index in [9.17, 15) is 28.8 Å². The summed E-state index contributed by atoms with van der Waals surface area (Å²) in [5.74, 6) is -4.20. The van der Waals surface area contributed by atoms with Gasteiger partial charge in [0.1, 0.15) is 31.6 Å². The summed E-state index contributed by atoms with van der Waals surface area (Å²) in [4.78, 5) is 80.6. The van der Waals surface area contributed by atoms with E-state index in [-0.39, 0.29) is 41.8 Å². The first kappa shape index (κ1) is 28.0. The van der Waals surface area contributed by atoms with E-state index in [0.29, 0.717) is 0 Å². The van der Waals surface area contributed by atoms with Crippen molar-refractivity contribution < 1.29 is 48.4 Å². The molecule has 2 aromatic heterocycles. The Morgan fingerprint density at radius 3 is 2.61 bits per heavy atom. The number of hydrogen-bond acceptors (Lipinski definition) is 11. The molecule has 0 aromatic carbocycles. The van der Waals surface area contributed by atoms with Crippen LogP contribution in [0.3, 0.4) is 0 Å². The first-order valence-corrected chi connectivity index (χ1v) is 11.4. The summed E-state index contributed by atoms with van der Waals surface area (Å²) < 4.78 is 17.6. The molecule has 17 nitrogen and oxygen atoms in total. The fraction of sp³-hybridized carbons (Fsp3) is 0.524. The molecule has 3 atom stereocenters. The number of alkyl carbamates (subject to hydrolysis) is 1. The van der Waals surface area contributed by atoms with Crippen molar-refractivity contribution in [3.8, 4) is 0 Å². The summed E-state index contributed by atoms with van der Waals surface area (Å²) in [7, 11) is 0. The van der Waals surface area contributed by atoms with Crippen LogP contribution in [0, 0.1) is 5.92 Å². The highest BCUT2D eigenvalue weighted by Crippen LogP contribution is 2.33. The average molecular weight is 538 g/mol. The van der Waals surface area contributed by atoms with Crippen LogP contribution in [0.1, 0.15) is 39.3 Å². The van der Waals surface area contributed by atoms with Crippen molar-refractivity contribution in [3.63, 3.8) is 0 Å². The Morgan fingerprint density at radius 1 is 1.21 bits per heavy atom. The van der Waals surface area contributed by atoms with Crippen LogP contribution in [0.2, 0.25) is 0 Å². The minimum Gasteiger partial charge on any atom is -0.481 e. The lowest BCUT2D eigenvalue weighted by Crippen LogP contribution is -2.37. The predicted octanol–water partition coefficient (Wildman–Crippen LogP) is -0.411. The molecule has 206 valence electrons. The summed E-state index contributed by atoms with van der Waals surface area (Å²) in [5, 5.41) is 22.0. The number of H-pyrrole nitrogens is 1. The Bertz CT molecular complexity index is 1290. The van der Waals surface area contributed by atoms with E-state index in [1.807, 2.05) is 5.32 Å². The molecule has 2 amide bonds. The highest BCUT2D eigenvalue weighted by atomic mass is 16.6. The number of imidazole rings is 1. The number of carboxylic acid groups (broad SMARTS) is 2. The van der Waals surface area contributed by atoms with Gasteiger partial charge in [-0.15, -0.1) is 0 Å². The van der Waals surface area contributed by atoms with Gasteiger partial charge in [-0.3, -0.25) is 38.8 Å². The zero-order chi connectivity index (χ0) is 28.0. The first-order valence-electron chi connectivity index (χ1n) is 11.4. The Kier molecular flexibility index (Phi) is 8.95. The summed E-state index contributed by atoms with van der Waals surface area (Å²) in [6.07, 6.45) is -3.68. The number of carbonyl (C=O) groups excluding carboxylic acids is 3. The van der Waals surface area contributed by atoms with E-state index >= 15 is 0 Å². The van der Waals surface area contributed by atoms with Crippen LogP contribution < -0.4 is 16.2 Å². The van der Waals surface area contributed by atoms with Crippen molar-refractivity contribution >= 4 is 47.0 Å². The van der Waals surface area contributed by atoms with Crippen LogP contribution in [0.25, 0.3) is 11.2 Å². The normalized spacial score (nSPS) is 18.8. The standard InChI is InChI=1S/C21H26N6O11/c1-9(2)18(33)25-20-24-17-16(19(34)26-20)23-8-27(17)12-5-10(38-21(35)22-6-14(30)31)11(37-12)7-36-15(32)4-3-13(28)29/h8-12H,3-7H2,1-2H3,(H,22,35)(H,28,29)(H,30,31)(H2,24,25,26,33,34)/t10-,11-,12-/m1/s1. The molecule has 5 N–H and O–H groups in total. The van der Waals surface area contributed by atoms with Gasteiger partial charge in [0.25, 0.3) is 5.56 Å². The SMILES string of the molecule is CC(C)C(=O)Nc1nc2c(ncn2[C@H]2C[C@@H](OC(=O)NCC(=O)O)[C@@H](COC(=O)CCC(=O)O)O2)c(=O)[nH]1. The fourth-order valence-electron chi connectivity index (χ4n) is 3.39. The molecule has 3 heterocycles. The van der Waals surface area contributed by atoms with E-state index in [4.69, 9.17) is 24.4 Å². The summed E-state index contributed by atoms with van der Waals surface area (Å²) in [6, 6.07) is 0. The molecule has 1 fully saturated rings. The number of esters is 1. The zero-order valence-corrected chi connectivity index (χ0v) is 20.3. The fourth-order valence-corrected chi connectivity index (χ4v) is 3.39. The largest absolute Gasteiger partial charge is 0.481 e. The van der Waals surface area contributed by atoms with E-state index in [0.717, 1.165) is 0 Å². The van der Waals surface area contributed by atoms with Gasteiger partial charge in [-0.05, 0) is 0 Å². The van der Waals surface area contributed by atoms with Crippen LogP contribution in [-0.4, -0.2) is 85.0 Å². The monoisotopic (exact) mass is 538 g/mol. The van der Waals surface area contributed by atoms with Gasteiger partial charge in [-0.2, -0.15) is 4.98 Å². The van der Waals surface area contributed by atoms with Gasteiger partial charge in [-0.1, -0.05) is 13.8 Å². The number of aromatic nitrogens is 4. The molecule has 2 aromatic rings. The number of hydrogen-bond donors (Lipinski definition) is 5. The molecule has 38 heavy (non-hydrogen) atoms. The van der Waals surface area contributed by atoms with E-state index in [2.05, 4.69) is 20.3 Å². The van der Waals surface area contributed by atoms with Gasteiger partial charge in [0.2, 0.25) is 11.9 Å². The summed E-state index contributed by atoms with van der Waals surface area (Å²) in [5.41, 5.74) is -0.641. The summed E-state index contributed by atoms with van der Waals surface area (Å²) in [6.45, 7) is 2.20. The lowest BCUT2D eigenvalue weighted by Gasteiger charge is -2.18. The van der Waals surface area contributed by atoms with Crippen molar-refractivity contribution in [1.29, 1.82) is 0 Å². The highest BCUT2D eigenvalue weighted by Gasteiger charge is 2.40. The molecule has 0 bridgehead atoms. The van der Waals surface area contributed by atoms with E-state index in [1.54, 1.807) is 13.8 Å². The molecule has 0 aliphatic carbocycles. The number of aromatic amines is 1. The smallest absolute Gasteiger partial charge is 0.408 e. The van der Waals surface area contributed by atoms with Crippen molar-refractivity contribution in [1.82, 2.24) is 24.8 Å². The van der Waals surface area contributed by atoms with Gasteiger partial charge >= 0.3 is 24.0 Å². The van der Waals surface area contributed by atoms with Crippen molar-refractivity contribution in [2.24, 2.45) is 5.92 Å². The second-order valence-electron chi connectivity index (χ2n) is 8.52. The topological polar surface area (TPSA) is 241 Å². The average Bonchev–Trinajstić information content (AvgIpc) is 3.44. The van der Waals surface area contributed by atoms with Gasteiger partial charge in [-0.25, -0.2) is 9.78 Å². The summed E-state index contributed by atoms with van der Waals surface area (Å²) >= 11 is 0. The van der Waals surface area contributed by atoms with E-state index < -0.39 is 67.6 Å². The maximum Gasteiger partial charge on any atom is 0.408 e. The highest BCUT2D eigenvalue weighted by molar-refractivity contribution is 5.91. The number of rotatable bonds is 11. The van der Waals surface area contributed by atoms with Crippen molar-refractivity contribution in [2.45, 2.75) is 51.5 Å². The minimum atomic E-state index is -1.30. The van der Waals surface area contributed by atoms with Crippen LogP contribution in [-0.2, 0) is 33.4 Å². The Balaban J connectivity index is 1.81. The molecule has 3 rings (SSSR count). The molecule has 0 spiro atoms. The zero-order valence-electron chi connectivity index (χ0n) is 20.3. The molecular formula is C21H26N6O11. The maximum atomic E-state index is 12.5. The molecule has 1 saturated heterocycles. The van der Waals surface area contributed by atoms with Crippen molar-refractivity contribution in [2.75, 3.05) is 18.5 Å². The lowest BCUT2D eigenvalue weighted by atomic mass is 10.2. The molecule has 17 heteroatoms. The predicted molar refractivity (Wildman–Crippen MR) is 124 cm³/mol. The minimum absolute atomic E-state index is 0.0362.